The Morgan fingerprint density at radius 1 is 1.38 bits per heavy atom. The minimum atomic E-state index is -0.220. The first-order valence-corrected chi connectivity index (χ1v) is 8.62. The van der Waals surface area contributed by atoms with Crippen LogP contribution in [0.25, 0.3) is 5.65 Å². The number of pyridine rings is 1. The fourth-order valence-corrected chi connectivity index (χ4v) is 3.99. The molecule has 2 aromatic heterocycles. The van der Waals surface area contributed by atoms with Gasteiger partial charge in [0.25, 0.3) is 5.91 Å². The number of aromatic nitrogens is 2. The van der Waals surface area contributed by atoms with Crippen LogP contribution in [0, 0.1) is 0 Å². The lowest BCUT2D eigenvalue weighted by atomic mass is 9.82. The van der Waals surface area contributed by atoms with Crippen molar-refractivity contribution in [3.05, 3.63) is 36.3 Å². The normalized spacial score (nSPS) is 23.7. The lowest BCUT2D eigenvalue weighted by Gasteiger charge is -2.47. The summed E-state index contributed by atoms with van der Waals surface area (Å²) in [6.07, 6.45) is 7.58. The number of hydrogen-bond acceptors (Lipinski definition) is 4. The van der Waals surface area contributed by atoms with Gasteiger partial charge in [-0.3, -0.25) is 4.79 Å². The van der Waals surface area contributed by atoms with Crippen LogP contribution >= 0.6 is 0 Å². The van der Waals surface area contributed by atoms with Gasteiger partial charge in [-0.2, -0.15) is 0 Å². The maximum absolute atomic E-state index is 12.8. The summed E-state index contributed by atoms with van der Waals surface area (Å²) in [4.78, 5) is 19.1. The van der Waals surface area contributed by atoms with Crippen molar-refractivity contribution in [1.29, 1.82) is 0 Å². The molecular formula is C18H23N3O3. The Hall–Kier alpha value is -1.92. The molecule has 2 fully saturated rings. The van der Waals surface area contributed by atoms with E-state index in [9.17, 15) is 4.79 Å². The van der Waals surface area contributed by atoms with E-state index < -0.39 is 0 Å². The number of hydrogen-bond donors (Lipinski definition) is 0. The molecule has 0 N–H and O–H groups in total. The fourth-order valence-electron chi connectivity index (χ4n) is 3.99. The van der Waals surface area contributed by atoms with E-state index in [0.29, 0.717) is 18.8 Å². The van der Waals surface area contributed by atoms with Crippen molar-refractivity contribution in [2.45, 2.75) is 37.4 Å². The predicted octanol–water partition coefficient (Wildman–Crippen LogP) is 2.13. The smallest absolute Gasteiger partial charge is 0.274 e. The van der Waals surface area contributed by atoms with Crippen LogP contribution < -0.4 is 0 Å². The summed E-state index contributed by atoms with van der Waals surface area (Å²) in [5.74, 6) is -0.00155. The summed E-state index contributed by atoms with van der Waals surface area (Å²) in [6, 6.07) is 5.76. The maximum Gasteiger partial charge on any atom is 0.274 e. The third kappa shape index (κ3) is 2.59. The minimum Gasteiger partial charge on any atom is -0.378 e. The van der Waals surface area contributed by atoms with Gasteiger partial charge >= 0.3 is 0 Å². The Morgan fingerprint density at radius 3 is 2.96 bits per heavy atom. The molecule has 4 rings (SSSR count). The second-order valence-corrected chi connectivity index (χ2v) is 6.66. The SMILES string of the molecule is CO[C@@H]1CCCOC12CCN(C(=O)c1cn3ccccc3n1)CC2. The van der Waals surface area contributed by atoms with Gasteiger partial charge in [-0.1, -0.05) is 6.07 Å². The van der Waals surface area contributed by atoms with Gasteiger partial charge in [0, 0.05) is 39.2 Å². The molecule has 6 nitrogen and oxygen atoms in total. The molecule has 2 aliphatic rings. The molecule has 1 atom stereocenters. The standard InChI is InChI=1S/C18H23N3O3/c1-23-15-5-4-12-24-18(15)7-10-20(11-8-18)17(22)14-13-21-9-3-2-6-16(21)19-14/h2-3,6,9,13,15H,4-5,7-8,10-12H2,1H3/t15-/m1/s1. The molecule has 4 heterocycles. The number of amides is 1. The molecule has 0 bridgehead atoms. The van der Waals surface area contributed by atoms with Gasteiger partial charge < -0.3 is 18.8 Å². The molecule has 0 saturated carbocycles. The van der Waals surface area contributed by atoms with Gasteiger partial charge in [-0.05, 0) is 37.8 Å². The Bertz CT molecular complexity index is 701. The average molecular weight is 329 g/mol. The van der Waals surface area contributed by atoms with Crippen molar-refractivity contribution in [2.24, 2.45) is 0 Å². The average Bonchev–Trinajstić information content (AvgIpc) is 3.06. The molecule has 0 radical (unpaired) electrons. The molecule has 2 aromatic rings. The van der Waals surface area contributed by atoms with Crippen LogP contribution in [0.1, 0.15) is 36.2 Å². The van der Waals surface area contributed by atoms with Gasteiger partial charge in [-0.25, -0.2) is 4.98 Å². The molecule has 6 heteroatoms. The first-order chi connectivity index (χ1) is 11.7. The van der Waals surface area contributed by atoms with Crippen LogP contribution in [0.3, 0.4) is 0 Å². The molecule has 1 spiro atoms. The van der Waals surface area contributed by atoms with Gasteiger partial charge in [0.1, 0.15) is 11.3 Å². The Labute approximate surface area is 141 Å². The van der Waals surface area contributed by atoms with Crippen LogP contribution in [-0.4, -0.2) is 58.7 Å². The van der Waals surface area contributed by atoms with E-state index in [-0.39, 0.29) is 17.6 Å². The highest BCUT2D eigenvalue weighted by atomic mass is 16.5. The summed E-state index contributed by atoms with van der Waals surface area (Å²) < 4.78 is 13.6. The first kappa shape index (κ1) is 15.6. The predicted molar refractivity (Wildman–Crippen MR) is 89.0 cm³/mol. The number of rotatable bonds is 2. The van der Waals surface area contributed by atoms with Gasteiger partial charge in [0.05, 0.1) is 11.7 Å². The van der Waals surface area contributed by atoms with Crippen LogP contribution in [0.2, 0.25) is 0 Å². The topological polar surface area (TPSA) is 56.1 Å². The molecule has 0 aliphatic carbocycles. The molecule has 24 heavy (non-hydrogen) atoms. The van der Waals surface area contributed by atoms with Crippen LogP contribution in [0.15, 0.2) is 30.6 Å². The number of carbonyl (C=O) groups excluding carboxylic acids is 1. The van der Waals surface area contributed by atoms with Crippen LogP contribution in [-0.2, 0) is 9.47 Å². The highest BCUT2D eigenvalue weighted by Gasteiger charge is 2.45. The highest BCUT2D eigenvalue weighted by molar-refractivity contribution is 5.93. The van der Waals surface area contributed by atoms with Crippen LogP contribution in [0.5, 0.6) is 0 Å². The van der Waals surface area contributed by atoms with E-state index in [1.807, 2.05) is 33.7 Å². The van der Waals surface area contributed by atoms with Crippen molar-refractivity contribution in [2.75, 3.05) is 26.8 Å². The van der Waals surface area contributed by atoms with Gasteiger partial charge in [0.2, 0.25) is 0 Å². The Kier molecular flexibility index (Phi) is 4.02. The van der Waals surface area contributed by atoms with E-state index in [2.05, 4.69) is 4.98 Å². The number of carbonyl (C=O) groups is 1. The van der Waals surface area contributed by atoms with Crippen molar-refractivity contribution in [3.63, 3.8) is 0 Å². The van der Waals surface area contributed by atoms with E-state index in [4.69, 9.17) is 9.47 Å². The maximum atomic E-state index is 12.8. The molecule has 2 saturated heterocycles. The van der Waals surface area contributed by atoms with Crippen molar-refractivity contribution >= 4 is 11.6 Å². The highest BCUT2D eigenvalue weighted by Crippen LogP contribution is 2.37. The fraction of sp³-hybridized carbons (Fsp3) is 0.556. The van der Waals surface area contributed by atoms with Crippen molar-refractivity contribution in [1.82, 2.24) is 14.3 Å². The molecule has 2 aliphatic heterocycles. The third-order valence-corrected chi connectivity index (χ3v) is 5.35. The Balaban J connectivity index is 1.48. The van der Waals surface area contributed by atoms with Crippen LogP contribution in [0.4, 0.5) is 0 Å². The minimum absolute atomic E-state index is 0.00155. The summed E-state index contributed by atoms with van der Waals surface area (Å²) in [6.45, 7) is 2.17. The summed E-state index contributed by atoms with van der Waals surface area (Å²) >= 11 is 0. The van der Waals surface area contributed by atoms with E-state index in [1.165, 1.54) is 0 Å². The molecule has 0 unspecified atom stereocenters. The number of methoxy groups -OCH3 is 1. The zero-order chi connectivity index (χ0) is 16.6. The zero-order valence-electron chi connectivity index (χ0n) is 14.0. The lowest BCUT2D eigenvalue weighted by molar-refractivity contribution is -0.183. The molecule has 128 valence electrons. The molecule has 1 amide bonds. The largest absolute Gasteiger partial charge is 0.378 e. The van der Waals surface area contributed by atoms with E-state index in [0.717, 1.165) is 37.9 Å². The van der Waals surface area contributed by atoms with Gasteiger partial charge in [-0.15, -0.1) is 0 Å². The Morgan fingerprint density at radius 2 is 2.21 bits per heavy atom. The first-order valence-electron chi connectivity index (χ1n) is 8.62. The number of piperidine rings is 1. The lowest BCUT2D eigenvalue weighted by Crippen LogP contribution is -2.56. The van der Waals surface area contributed by atoms with E-state index in [1.54, 1.807) is 13.3 Å². The van der Waals surface area contributed by atoms with Gasteiger partial charge in [0.15, 0.2) is 0 Å². The second-order valence-electron chi connectivity index (χ2n) is 6.66. The number of fused-ring (bicyclic) bond motifs is 1. The number of imidazole rings is 1. The summed E-state index contributed by atoms with van der Waals surface area (Å²) in [5, 5.41) is 0. The number of ether oxygens (including phenoxy) is 2. The zero-order valence-corrected chi connectivity index (χ0v) is 14.0. The monoisotopic (exact) mass is 329 g/mol. The third-order valence-electron chi connectivity index (χ3n) is 5.35. The molecule has 0 aromatic carbocycles. The van der Waals surface area contributed by atoms with E-state index >= 15 is 0 Å². The molecular weight excluding hydrogens is 306 g/mol. The second kappa shape index (κ2) is 6.18. The van der Waals surface area contributed by atoms with Crippen molar-refractivity contribution < 1.29 is 14.3 Å². The quantitative estimate of drug-likeness (QED) is 0.847. The number of nitrogens with zero attached hydrogens (tertiary/aromatic N) is 3. The van der Waals surface area contributed by atoms with Crippen molar-refractivity contribution in [3.8, 4) is 0 Å². The summed E-state index contributed by atoms with van der Waals surface area (Å²) in [5.41, 5.74) is 1.08. The summed E-state index contributed by atoms with van der Waals surface area (Å²) in [7, 11) is 1.76. The number of likely N-dealkylation sites (tertiary alicyclic amines) is 1.